The van der Waals surface area contributed by atoms with Crippen molar-refractivity contribution in [2.75, 3.05) is 5.32 Å². The molecule has 0 aliphatic carbocycles. The highest BCUT2D eigenvalue weighted by molar-refractivity contribution is 9.10. The number of rotatable bonds is 3. The fraction of sp³-hybridized carbons (Fsp3) is 0.231. The molecule has 0 radical (unpaired) electrons. The molecule has 112 valence electrons. The van der Waals surface area contributed by atoms with E-state index >= 15 is 0 Å². The van der Waals surface area contributed by atoms with Crippen molar-refractivity contribution in [3.8, 4) is 0 Å². The summed E-state index contributed by atoms with van der Waals surface area (Å²) in [7, 11) is -3.67. The molecule has 6 nitrogen and oxygen atoms in total. The van der Waals surface area contributed by atoms with E-state index in [1.165, 1.54) is 0 Å². The van der Waals surface area contributed by atoms with Gasteiger partial charge in [0.15, 0.2) is 0 Å². The number of nitrogens with one attached hydrogen (secondary N) is 2. The Morgan fingerprint density at radius 3 is 2.71 bits per heavy atom. The minimum absolute atomic E-state index is 0.0518. The first-order chi connectivity index (χ1) is 9.77. The van der Waals surface area contributed by atoms with E-state index < -0.39 is 10.2 Å². The van der Waals surface area contributed by atoms with Gasteiger partial charge in [0.05, 0.1) is 12.1 Å². The number of carbonyl (C=O) groups excluding carboxylic acids is 1. The highest BCUT2D eigenvalue weighted by Crippen LogP contribution is 2.19. The van der Waals surface area contributed by atoms with Crippen LogP contribution in [0, 0.1) is 0 Å². The Bertz CT molecular complexity index is 754. The predicted octanol–water partition coefficient (Wildman–Crippen LogP) is 2.36. The molecular weight excluding hydrogens is 358 g/mol. The zero-order valence-corrected chi connectivity index (χ0v) is 13.9. The van der Waals surface area contributed by atoms with Gasteiger partial charge in [-0.1, -0.05) is 22.0 Å². The van der Waals surface area contributed by atoms with Gasteiger partial charge in [-0.2, -0.15) is 8.42 Å². The molecule has 2 N–H and O–H groups in total. The van der Waals surface area contributed by atoms with Crippen molar-refractivity contribution in [3.05, 3.63) is 40.0 Å². The fourth-order valence-electron chi connectivity index (χ4n) is 1.98. The number of carbonyl (C=O) groups is 1. The van der Waals surface area contributed by atoms with Gasteiger partial charge in [-0.05, 0) is 32.0 Å². The third kappa shape index (κ3) is 4.15. The van der Waals surface area contributed by atoms with Crippen molar-refractivity contribution in [1.82, 2.24) is 4.72 Å². The maximum absolute atomic E-state index is 12.1. The van der Waals surface area contributed by atoms with E-state index in [-0.39, 0.29) is 12.3 Å². The van der Waals surface area contributed by atoms with Crippen LogP contribution in [-0.4, -0.2) is 20.0 Å². The molecule has 1 heterocycles. The maximum Gasteiger partial charge on any atom is 0.342 e. The normalized spacial score (nSPS) is 17.0. The van der Waals surface area contributed by atoms with E-state index in [4.69, 9.17) is 0 Å². The second-order valence-corrected chi connectivity index (χ2v) is 6.85. The Morgan fingerprint density at radius 1 is 1.38 bits per heavy atom. The Morgan fingerprint density at radius 2 is 2.10 bits per heavy atom. The summed E-state index contributed by atoms with van der Waals surface area (Å²) in [4.78, 5) is 12.1. The molecule has 1 amide bonds. The van der Waals surface area contributed by atoms with Crippen molar-refractivity contribution >= 4 is 43.4 Å². The van der Waals surface area contributed by atoms with Crippen LogP contribution in [0.4, 0.5) is 5.69 Å². The van der Waals surface area contributed by atoms with Gasteiger partial charge in [0.25, 0.3) is 0 Å². The average molecular weight is 372 g/mol. The smallest absolute Gasteiger partial charge is 0.326 e. The zero-order valence-electron chi connectivity index (χ0n) is 11.5. The maximum atomic E-state index is 12.1. The van der Waals surface area contributed by atoms with Gasteiger partial charge in [-0.15, -0.1) is 4.40 Å². The lowest BCUT2D eigenvalue weighted by Gasteiger charge is -2.17. The number of hydrogen-bond donors (Lipinski definition) is 2. The van der Waals surface area contributed by atoms with Crippen LogP contribution in [0.25, 0.3) is 0 Å². The van der Waals surface area contributed by atoms with Gasteiger partial charge in [-0.3, -0.25) is 9.52 Å². The summed E-state index contributed by atoms with van der Waals surface area (Å²) >= 11 is 3.33. The van der Waals surface area contributed by atoms with Crippen molar-refractivity contribution in [1.29, 1.82) is 0 Å². The molecule has 2 rings (SSSR count). The largest absolute Gasteiger partial charge is 0.342 e. The second kappa shape index (κ2) is 5.98. The number of amides is 1. The summed E-state index contributed by atoms with van der Waals surface area (Å²) in [6.07, 6.45) is 0.0518. The molecule has 0 bridgehead atoms. The lowest BCUT2D eigenvalue weighted by molar-refractivity contribution is -0.115. The Labute approximate surface area is 131 Å². The summed E-state index contributed by atoms with van der Waals surface area (Å²) in [6.45, 7) is 3.18. The van der Waals surface area contributed by atoms with Crippen LogP contribution in [0.1, 0.15) is 20.3 Å². The van der Waals surface area contributed by atoms with E-state index in [2.05, 4.69) is 30.4 Å². The molecule has 0 saturated carbocycles. The highest BCUT2D eigenvalue weighted by Gasteiger charge is 2.22. The summed E-state index contributed by atoms with van der Waals surface area (Å²) < 4.78 is 29.5. The molecular formula is C13H14BrN3O3S. The minimum Gasteiger partial charge on any atom is -0.326 e. The average Bonchev–Trinajstić information content (AvgIpc) is 2.32. The van der Waals surface area contributed by atoms with Crippen LogP contribution < -0.4 is 10.0 Å². The van der Waals surface area contributed by atoms with Crippen molar-refractivity contribution < 1.29 is 13.2 Å². The van der Waals surface area contributed by atoms with Crippen molar-refractivity contribution in [2.24, 2.45) is 4.40 Å². The Hall–Kier alpha value is -1.67. The molecule has 0 aromatic heterocycles. The Kier molecular flexibility index (Phi) is 4.48. The van der Waals surface area contributed by atoms with E-state index in [0.29, 0.717) is 22.7 Å². The fourth-order valence-corrected chi connectivity index (χ4v) is 3.40. The summed E-state index contributed by atoms with van der Waals surface area (Å²) in [5, 5.41) is 2.76. The molecule has 1 aromatic rings. The molecule has 8 heteroatoms. The number of halogens is 1. The lowest BCUT2D eigenvalue weighted by atomic mass is 10.1. The number of anilines is 1. The SMILES string of the molecule is CC1=NS(=O)(=O)NC(C)=C1CC(=O)Nc1cccc(Br)c1. The van der Waals surface area contributed by atoms with E-state index in [1.54, 1.807) is 26.0 Å². The van der Waals surface area contributed by atoms with Crippen LogP contribution in [0.5, 0.6) is 0 Å². The van der Waals surface area contributed by atoms with Gasteiger partial charge < -0.3 is 5.32 Å². The summed E-state index contributed by atoms with van der Waals surface area (Å²) in [6, 6.07) is 7.22. The topological polar surface area (TPSA) is 87.6 Å². The Balaban J connectivity index is 2.12. The summed E-state index contributed by atoms with van der Waals surface area (Å²) in [5.41, 5.74) is 2.00. The van der Waals surface area contributed by atoms with Crippen LogP contribution in [0.2, 0.25) is 0 Å². The van der Waals surface area contributed by atoms with Gasteiger partial charge in [0.2, 0.25) is 5.91 Å². The number of nitrogens with zero attached hydrogens (tertiary/aromatic N) is 1. The first-order valence-corrected chi connectivity index (χ1v) is 8.35. The molecule has 1 aromatic carbocycles. The van der Waals surface area contributed by atoms with Crippen molar-refractivity contribution in [3.63, 3.8) is 0 Å². The van der Waals surface area contributed by atoms with Gasteiger partial charge >= 0.3 is 10.2 Å². The third-order valence-corrected chi connectivity index (χ3v) is 4.45. The quantitative estimate of drug-likeness (QED) is 0.854. The predicted molar refractivity (Wildman–Crippen MR) is 85.3 cm³/mol. The van der Waals surface area contributed by atoms with Gasteiger partial charge in [0, 0.05) is 21.4 Å². The van der Waals surface area contributed by atoms with Crippen LogP contribution in [0.15, 0.2) is 44.4 Å². The molecule has 21 heavy (non-hydrogen) atoms. The van der Waals surface area contributed by atoms with E-state index in [9.17, 15) is 13.2 Å². The van der Waals surface area contributed by atoms with Gasteiger partial charge in [0.1, 0.15) is 0 Å². The lowest BCUT2D eigenvalue weighted by Crippen LogP contribution is -2.29. The molecule has 1 aliphatic heterocycles. The zero-order chi connectivity index (χ0) is 15.6. The van der Waals surface area contributed by atoms with Crippen LogP contribution in [0.3, 0.4) is 0 Å². The third-order valence-electron chi connectivity index (χ3n) is 2.87. The molecule has 0 atom stereocenters. The number of allylic oxidation sites excluding steroid dienone is 1. The van der Waals surface area contributed by atoms with Gasteiger partial charge in [-0.25, -0.2) is 0 Å². The first kappa shape index (κ1) is 15.7. The standard InChI is InChI=1S/C13H14BrN3O3S/c1-8-12(9(2)17-21(19,20)16-8)7-13(18)15-11-5-3-4-10(14)6-11/h3-6,16H,7H2,1-2H3,(H,15,18). The monoisotopic (exact) mass is 371 g/mol. The van der Waals surface area contributed by atoms with Crippen LogP contribution >= 0.6 is 15.9 Å². The molecule has 0 fully saturated rings. The molecule has 0 saturated heterocycles. The van der Waals surface area contributed by atoms with E-state index in [1.807, 2.05) is 12.1 Å². The van der Waals surface area contributed by atoms with E-state index in [0.717, 1.165) is 4.47 Å². The number of benzene rings is 1. The number of hydrogen-bond acceptors (Lipinski definition) is 3. The highest BCUT2D eigenvalue weighted by atomic mass is 79.9. The molecule has 1 aliphatic rings. The molecule has 0 unspecified atom stereocenters. The molecule has 0 spiro atoms. The van der Waals surface area contributed by atoms with Crippen molar-refractivity contribution in [2.45, 2.75) is 20.3 Å². The first-order valence-electron chi connectivity index (χ1n) is 6.12. The summed E-state index contributed by atoms with van der Waals surface area (Å²) in [5.74, 6) is -0.238. The second-order valence-electron chi connectivity index (χ2n) is 4.59. The van der Waals surface area contributed by atoms with Crippen LogP contribution in [-0.2, 0) is 15.0 Å². The minimum atomic E-state index is -3.67.